The molecule has 19 heavy (non-hydrogen) atoms. The summed E-state index contributed by atoms with van der Waals surface area (Å²) in [5.74, 6) is 0.960. The van der Waals surface area contributed by atoms with Crippen LogP contribution in [0, 0.1) is 0 Å². The van der Waals surface area contributed by atoms with Crippen LogP contribution in [-0.4, -0.2) is 21.7 Å². The van der Waals surface area contributed by atoms with Crippen LogP contribution in [0.25, 0.3) is 10.7 Å². The van der Waals surface area contributed by atoms with Gasteiger partial charge in [0, 0.05) is 19.2 Å². The van der Waals surface area contributed by atoms with Crippen LogP contribution in [-0.2, 0) is 6.42 Å². The van der Waals surface area contributed by atoms with Crippen LogP contribution in [0.4, 0.5) is 5.13 Å². The molecule has 0 bridgehead atoms. The Balaban J connectivity index is 1.59. The molecule has 0 radical (unpaired) electrons. The first-order valence-electron chi connectivity index (χ1n) is 5.93. The van der Waals surface area contributed by atoms with Crippen LogP contribution in [0.3, 0.4) is 0 Å². The van der Waals surface area contributed by atoms with Crippen molar-refractivity contribution in [1.82, 2.24) is 15.2 Å². The van der Waals surface area contributed by atoms with Gasteiger partial charge in [-0.05, 0) is 24.3 Å². The molecule has 96 valence electrons. The van der Waals surface area contributed by atoms with E-state index in [0.717, 1.165) is 34.6 Å². The van der Waals surface area contributed by atoms with Crippen molar-refractivity contribution in [1.29, 1.82) is 0 Å². The van der Waals surface area contributed by atoms with Crippen LogP contribution in [0.5, 0.6) is 0 Å². The van der Waals surface area contributed by atoms with Gasteiger partial charge in [-0.1, -0.05) is 17.4 Å². The molecule has 0 saturated heterocycles. The lowest BCUT2D eigenvalue weighted by Gasteiger charge is -1.98. The van der Waals surface area contributed by atoms with Crippen molar-refractivity contribution < 1.29 is 4.42 Å². The van der Waals surface area contributed by atoms with Crippen LogP contribution < -0.4 is 5.32 Å². The highest BCUT2D eigenvalue weighted by atomic mass is 32.1. The van der Waals surface area contributed by atoms with Gasteiger partial charge in [-0.15, -0.1) is 10.2 Å². The van der Waals surface area contributed by atoms with Gasteiger partial charge in [0.25, 0.3) is 0 Å². The Morgan fingerprint density at radius 3 is 2.95 bits per heavy atom. The molecule has 3 aromatic rings. The van der Waals surface area contributed by atoms with Crippen molar-refractivity contribution in [2.24, 2.45) is 0 Å². The van der Waals surface area contributed by atoms with Crippen LogP contribution in [0.2, 0.25) is 0 Å². The van der Waals surface area contributed by atoms with E-state index in [0.29, 0.717) is 0 Å². The van der Waals surface area contributed by atoms with Crippen LogP contribution in [0.1, 0.15) is 5.76 Å². The second-order valence-electron chi connectivity index (χ2n) is 3.88. The maximum atomic E-state index is 5.26. The predicted molar refractivity (Wildman–Crippen MR) is 74.0 cm³/mol. The van der Waals surface area contributed by atoms with E-state index in [9.17, 15) is 0 Å². The van der Waals surface area contributed by atoms with Gasteiger partial charge in [-0.25, -0.2) is 0 Å². The monoisotopic (exact) mass is 272 g/mol. The topological polar surface area (TPSA) is 63.8 Å². The number of furan rings is 1. The molecule has 1 N–H and O–H groups in total. The van der Waals surface area contributed by atoms with E-state index in [4.69, 9.17) is 4.42 Å². The zero-order valence-corrected chi connectivity index (χ0v) is 10.9. The number of aromatic nitrogens is 3. The summed E-state index contributed by atoms with van der Waals surface area (Å²) in [4.78, 5) is 4.25. The lowest BCUT2D eigenvalue weighted by molar-refractivity contribution is 0.513. The average molecular weight is 272 g/mol. The minimum Gasteiger partial charge on any atom is -0.469 e. The lowest BCUT2D eigenvalue weighted by Crippen LogP contribution is -2.03. The number of hydrogen-bond donors (Lipinski definition) is 1. The predicted octanol–water partition coefficient (Wildman–Crippen LogP) is 2.85. The molecule has 3 aromatic heterocycles. The molecule has 0 aromatic carbocycles. The molecule has 3 rings (SSSR count). The Labute approximate surface area is 114 Å². The molecule has 0 spiro atoms. The number of nitrogens with one attached hydrogen (secondary N) is 1. The Morgan fingerprint density at radius 1 is 1.16 bits per heavy atom. The molecule has 0 atom stereocenters. The minimum absolute atomic E-state index is 0.768. The second-order valence-corrected chi connectivity index (χ2v) is 4.86. The molecule has 5 nitrogen and oxygen atoms in total. The summed E-state index contributed by atoms with van der Waals surface area (Å²) in [7, 11) is 0. The molecule has 0 aliphatic heterocycles. The van der Waals surface area contributed by atoms with E-state index < -0.39 is 0 Å². The molecule has 0 aliphatic rings. The van der Waals surface area contributed by atoms with E-state index in [1.807, 2.05) is 30.3 Å². The van der Waals surface area contributed by atoms with E-state index in [1.54, 1.807) is 12.5 Å². The Bertz CT molecular complexity index is 621. The summed E-state index contributed by atoms with van der Waals surface area (Å²) in [6.45, 7) is 0.768. The minimum atomic E-state index is 0.768. The van der Waals surface area contributed by atoms with Crippen molar-refractivity contribution in [3.05, 3.63) is 48.6 Å². The number of nitrogens with zero attached hydrogens (tertiary/aromatic N) is 3. The quantitative estimate of drug-likeness (QED) is 0.773. The summed E-state index contributed by atoms with van der Waals surface area (Å²) >= 11 is 1.50. The number of anilines is 1. The molecule has 0 amide bonds. The van der Waals surface area contributed by atoms with Gasteiger partial charge in [0.15, 0.2) is 5.01 Å². The number of hydrogen-bond acceptors (Lipinski definition) is 6. The van der Waals surface area contributed by atoms with Crippen molar-refractivity contribution >= 4 is 16.5 Å². The fraction of sp³-hybridized carbons (Fsp3) is 0.154. The van der Waals surface area contributed by atoms with Gasteiger partial charge in [-0.3, -0.25) is 4.98 Å². The summed E-state index contributed by atoms with van der Waals surface area (Å²) in [6.07, 6.45) is 4.26. The molecular formula is C13H12N4OS. The maximum absolute atomic E-state index is 5.26. The average Bonchev–Trinajstić information content (AvgIpc) is 3.11. The van der Waals surface area contributed by atoms with Gasteiger partial charge in [0.05, 0.1) is 6.26 Å². The van der Waals surface area contributed by atoms with E-state index in [1.165, 1.54) is 11.3 Å². The maximum Gasteiger partial charge on any atom is 0.206 e. The van der Waals surface area contributed by atoms with Crippen LogP contribution in [0.15, 0.2) is 47.2 Å². The van der Waals surface area contributed by atoms with Gasteiger partial charge in [-0.2, -0.15) is 0 Å². The zero-order valence-electron chi connectivity index (χ0n) is 10.1. The fourth-order valence-corrected chi connectivity index (χ4v) is 2.38. The summed E-state index contributed by atoms with van der Waals surface area (Å²) < 4.78 is 5.26. The third-order valence-corrected chi connectivity index (χ3v) is 3.44. The van der Waals surface area contributed by atoms with Crippen molar-refractivity contribution in [2.75, 3.05) is 11.9 Å². The molecule has 0 aliphatic carbocycles. The first-order chi connectivity index (χ1) is 9.42. The summed E-state index contributed by atoms with van der Waals surface area (Å²) in [6, 6.07) is 9.59. The van der Waals surface area contributed by atoms with Gasteiger partial charge in [0.2, 0.25) is 5.13 Å². The smallest absolute Gasteiger partial charge is 0.206 e. The standard InChI is InChI=1S/C13H12N4OS/c1-2-7-14-11(5-1)12-16-17-13(19-12)15-8-6-10-4-3-9-18-10/h1-5,7,9H,6,8H2,(H,15,17). The first-order valence-corrected chi connectivity index (χ1v) is 6.74. The molecule has 0 unspecified atom stereocenters. The zero-order chi connectivity index (χ0) is 12.9. The van der Waals surface area contributed by atoms with E-state index >= 15 is 0 Å². The van der Waals surface area contributed by atoms with Crippen molar-refractivity contribution in [3.63, 3.8) is 0 Å². The van der Waals surface area contributed by atoms with Crippen molar-refractivity contribution in [2.45, 2.75) is 6.42 Å². The van der Waals surface area contributed by atoms with Gasteiger partial charge in [0.1, 0.15) is 11.5 Å². The first kappa shape index (κ1) is 11.9. The molecule has 0 fully saturated rings. The van der Waals surface area contributed by atoms with Gasteiger partial charge >= 0.3 is 0 Å². The highest BCUT2D eigenvalue weighted by molar-refractivity contribution is 7.18. The van der Waals surface area contributed by atoms with Crippen molar-refractivity contribution in [3.8, 4) is 10.7 Å². The van der Waals surface area contributed by atoms with Crippen LogP contribution >= 0.6 is 11.3 Å². The third-order valence-electron chi connectivity index (χ3n) is 2.54. The Kier molecular flexibility index (Phi) is 3.51. The molecule has 3 heterocycles. The van der Waals surface area contributed by atoms with Gasteiger partial charge < -0.3 is 9.73 Å². The highest BCUT2D eigenvalue weighted by Crippen LogP contribution is 2.24. The Morgan fingerprint density at radius 2 is 2.16 bits per heavy atom. The Hall–Kier alpha value is -2.21. The fourth-order valence-electron chi connectivity index (χ4n) is 1.63. The third kappa shape index (κ3) is 2.97. The SMILES string of the molecule is c1ccc(-c2nnc(NCCc3ccco3)s2)nc1. The normalized spacial score (nSPS) is 10.5. The molecule has 6 heteroatoms. The molecule has 0 saturated carbocycles. The van der Waals surface area contributed by atoms with E-state index in [-0.39, 0.29) is 0 Å². The largest absolute Gasteiger partial charge is 0.469 e. The molecular weight excluding hydrogens is 260 g/mol. The highest BCUT2D eigenvalue weighted by Gasteiger charge is 2.06. The summed E-state index contributed by atoms with van der Waals surface area (Å²) in [5.41, 5.74) is 0.846. The second kappa shape index (κ2) is 5.62. The number of pyridine rings is 1. The lowest BCUT2D eigenvalue weighted by atomic mass is 10.3. The summed E-state index contributed by atoms with van der Waals surface area (Å²) in [5, 5.41) is 13.1. The number of rotatable bonds is 5. The van der Waals surface area contributed by atoms with E-state index in [2.05, 4.69) is 20.5 Å².